The Morgan fingerprint density at radius 1 is 1.56 bits per heavy atom. The Morgan fingerprint density at radius 2 is 2.39 bits per heavy atom. The molecule has 0 aromatic heterocycles. The molecule has 1 aliphatic rings. The summed E-state index contributed by atoms with van der Waals surface area (Å²) in [5, 5.41) is 0. The first-order valence-electron chi connectivity index (χ1n) is 6.38. The van der Waals surface area contributed by atoms with E-state index in [9.17, 15) is 4.79 Å². The van der Waals surface area contributed by atoms with Crippen molar-refractivity contribution in [2.45, 2.75) is 12.8 Å². The molecule has 2 N–H and O–H groups in total. The van der Waals surface area contributed by atoms with Gasteiger partial charge in [-0.25, -0.2) is 0 Å². The van der Waals surface area contributed by atoms with Crippen molar-refractivity contribution in [1.29, 1.82) is 0 Å². The summed E-state index contributed by atoms with van der Waals surface area (Å²) in [6.07, 6.45) is 2.06. The lowest BCUT2D eigenvalue weighted by Gasteiger charge is -2.16. The topological polar surface area (TPSA) is 55.6 Å². The molecule has 1 heterocycles. The van der Waals surface area contributed by atoms with Gasteiger partial charge in [-0.15, -0.1) is 0 Å². The van der Waals surface area contributed by atoms with Crippen molar-refractivity contribution >= 4 is 5.91 Å². The molecule has 1 atom stereocenters. The van der Waals surface area contributed by atoms with Crippen molar-refractivity contribution in [3.8, 4) is 5.75 Å². The Labute approximate surface area is 108 Å². The van der Waals surface area contributed by atoms with E-state index in [0.717, 1.165) is 31.7 Å². The number of nitrogens with two attached hydrogens (primary N) is 1. The van der Waals surface area contributed by atoms with Crippen LogP contribution < -0.4 is 10.5 Å². The van der Waals surface area contributed by atoms with Gasteiger partial charge in [-0.1, -0.05) is 6.07 Å². The lowest BCUT2D eigenvalue weighted by atomic mass is 10.1. The first-order valence-corrected chi connectivity index (χ1v) is 6.38. The Balaban J connectivity index is 2.03. The fourth-order valence-electron chi connectivity index (χ4n) is 2.43. The third kappa shape index (κ3) is 2.82. The molecule has 0 radical (unpaired) electrons. The van der Waals surface area contributed by atoms with Gasteiger partial charge in [-0.05, 0) is 43.5 Å². The van der Waals surface area contributed by atoms with Crippen molar-refractivity contribution in [2.24, 2.45) is 11.7 Å². The number of hydrogen-bond acceptors (Lipinski definition) is 3. The predicted octanol–water partition coefficient (Wildman–Crippen LogP) is 1.51. The van der Waals surface area contributed by atoms with Crippen molar-refractivity contribution in [1.82, 2.24) is 4.90 Å². The van der Waals surface area contributed by atoms with Gasteiger partial charge in [-0.3, -0.25) is 4.79 Å². The first kappa shape index (κ1) is 12.9. The van der Waals surface area contributed by atoms with Crippen LogP contribution in [0.1, 0.15) is 23.2 Å². The molecule has 1 saturated heterocycles. The van der Waals surface area contributed by atoms with E-state index in [1.807, 2.05) is 23.1 Å². The van der Waals surface area contributed by atoms with E-state index in [2.05, 4.69) is 0 Å². The highest BCUT2D eigenvalue weighted by Crippen LogP contribution is 2.22. The number of ether oxygens (including phenoxy) is 1. The maximum atomic E-state index is 12.3. The minimum absolute atomic E-state index is 0.0911. The van der Waals surface area contributed by atoms with Crippen LogP contribution in [-0.2, 0) is 0 Å². The van der Waals surface area contributed by atoms with Crippen LogP contribution in [0.2, 0.25) is 0 Å². The van der Waals surface area contributed by atoms with Crippen LogP contribution >= 0.6 is 0 Å². The molecule has 1 fully saturated rings. The Bertz CT molecular complexity index is 420. The molecule has 4 heteroatoms. The van der Waals surface area contributed by atoms with Gasteiger partial charge in [0.2, 0.25) is 0 Å². The molecule has 98 valence electrons. The average Bonchev–Trinajstić information content (AvgIpc) is 2.87. The molecule has 18 heavy (non-hydrogen) atoms. The van der Waals surface area contributed by atoms with Crippen LogP contribution in [0, 0.1) is 5.92 Å². The van der Waals surface area contributed by atoms with Crippen LogP contribution in [0.5, 0.6) is 5.75 Å². The van der Waals surface area contributed by atoms with Gasteiger partial charge < -0.3 is 15.4 Å². The average molecular weight is 248 g/mol. The number of rotatable bonds is 4. The number of amides is 1. The molecule has 1 aliphatic heterocycles. The van der Waals surface area contributed by atoms with Gasteiger partial charge in [0.05, 0.1) is 7.11 Å². The largest absolute Gasteiger partial charge is 0.497 e. The van der Waals surface area contributed by atoms with Crippen LogP contribution in [0.4, 0.5) is 0 Å². The Morgan fingerprint density at radius 3 is 3.11 bits per heavy atom. The third-order valence-electron chi connectivity index (χ3n) is 3.46. The minimum atomic E-state index is 0.0911. The van der Waals surface area contributed by atoms with Gasteiger partial charge in [-0.2, -0.15) is 0 Å². The number of carbonyl (C=O) groups is 1. The number of likely N-dealkylation sites (tertiary alicyclic amines) is 1. The first-order chi connectivity index (χ1) is 8.74. The summed E-state index contributed by atoms with van der Waals surface area (Å²) < 4.78 is 5.14. The van der Waals surface area contributed by atoms with Gasteiger partial charge in [0.25, 0.3) is 5.91 Å². The molecule has 2 rings (SSSR count). The maximum Gasteiger partial charge on any atom is 0.253 e. The highest BCUT2D eigenvalue weighted by molar-refractivity contribution is 5.94. The normalized spacial score (nSPS) is 19.0. The second-order valence-corrected chi connectivity index (χ2v) is 4.72. The van der Waals surface area contributed by atoms with Crippen LogP contribution in [0.3, 0.4) is 0 Å². The second kappa shape index (κ2) is 5.87. The number of methoxy groups -OCH3 is 1. The summed E-state index contributed by atoms with van der Waals surface area (Å²) in [6, 6.07) is 7.32. The standard InChI is InChI=1S/C14H20N2O2/c1-18-13-4-2-3-12(9-13)14(17)16-8-6-11(10-16)5-7-15/h2-4,9,11H,5-8,10,15H2,1H3. The molecule has 1 aromatic rings. The summed E-state index contributed by atoms with van der Waals surface area (Å²) in [7, 11) is 1.61. The van der Waals surface area contributed by atoms with Crippen LogP contribution in [-0.4, -0.2) is 37.6 Å². The van der Waals surface area contributed by atoms with E-state index >= 15 is 0 Å². The minimum Gasteiger partial charge on any atom is -0.497 e. The van der Waals surface area contributed by atoms with Gasteiger partial charge in [0.1, 0.15) is 5.75 Å². The summed E-state index contributed by atoms with van der Waals surface area (Å²) in [5.41, 5.74) is 6.26. The van der Waals surface area contributed by atoms with E-state index in [-0.39, 0.29) is 5.91 Å². The number of nitrogens with zero attached hydrogens (tertiary/aromatic N) is 1. The monoisotopic (exact) mass is 248 g/mol. The molecule has 0 aliphatic carbocycles. The fourth-order valence-corrected chi connectivity index (χ4v) is 2.43. The molecular weight excluding hydrogens is 228 g/mol. The molecule has 4 nitrogen and oxygen atoms in total. The quantitative estimate of drug-likeness (QED) is 0.878. The zero-order valence-corrected chi connectivity index (χ0v) is 10.8. The van der Waals surface area contributed by atoms with E-state index in [4.69, 9.17) is 10.5 Å². The summed E-state index contributed by atoms with van der Waals surface area (Å²) in [4.78, 5) is 14.2. The van der Waals surface area contributed by atoms with Crippen molar-refractivity contribution < 1.29 is 9.53 Å². The highest BCUT2D eigenvalue weighted by atomic mass is 16.5. The Kier molecular flexibility index (Phi) is 4.20. The Hall–Kier alpha value is -1.55. The molecule has 1 amide bonds. The lowest BCUT2D eigenvalue weighted by Crippen LogP contribution is -2.28. The second-order valence-electron chi connectivity index (χ2n) is 4.72. The van der Waals surface area contributed by atoms with Crippen molar-refractivity contribution in [2.75, 3.05) is 26.7 Å². The molecular formula is C14H20N2O2. The van der Waals surface area contributed by atoms with Crippen molar-refractivity contribution in [3.05, 3.63) is 29.8 Å². The molecule has 1 aromatic carbocycles. The number of carbonyl (C=O) groups excluding carboxylic acids is 1. The lowest BCUT2D eigenvalue weighted by molar-refractivity contribution is 0.0786. The smallest absolute Gasteiger partial charge is 0.253 e. The zero-order chi connectivity index (χ0) is 13.0. The number of hydrogen-bond donors (Lipinski definition) is 1. The van der Waals surface area contributed by atoms with E-state index in [1.54, 1.807) is 13.2 Å². The van der Waals surface area contributed by atoms with Crippen molar-refractivity contribution in [3.63, 3.8) is 0 Å². The third-order valence-corrected chi connectivity index (χ3v) is 3.46. The fraction of sp³-hybridized carbons (Fsp3) is 0.500. The van der Waals surface area contributed by atoms with E-state index in [1.165, 1.54) is 0 Å². The molecule has 0 bridgehead atoms. The zero-order valence-electron chi connectivity index (χ0n) is 10.8. The maximum absolute atomic E-state index is 12.3. The SMILES string of the molecule is COc1cccc(C(=O)N2CCC(CCN)C2)c1. The molecule has 0 spiro atoms. The molecule has 0 saturated carbocycles. The highest BCUT2D eigenvalue weighted by Gasteiger charge is 2.26. The number of benzene rings is 1. The summed E-state index contributed by atoms with van der Waals surface area (Å²) in [6.45, 7) is 2.36. The predicted molar refractivity (Wildman–Crippen MR) is 70.7 cm³/mol. The van der Waals surface area contributed by atoms with Gasteiger partial charge in [0, 0.05) is 18.7 Å². The van der Waals surface area contributed by atoms with Gasteiger partial charge >= 0.3 is 0 Å². The van der Waals surface area contributed by atoms with E-state index < -0.39 is 0 Å². The molecule has 1 unspecified atom stereocenters. The summed E-state index contributed by atoms with van der Waals surface area (Å²) in [5.74, 6) is 1.37. The summed E-state index contributed by atoms with van der Waals surface area (Å²) >= 11 is 0. The van der Waals surface area contributed by atoms with Crippen LogP contribution in [0.25, 0.3) is 0 Å². The van der Waals surface area contributed by atoms with Gasteiger partial charge in [0.15, 0.2) is 0 Å². The van der Waals surface area contributed by atoms with E-state index in [0.29, 0.717) is 18.0 Å². The van der Waals surface area contributed by atoms with Crippen LogP contribution in [0.15, 0.2) is 24.3 Å².